The Balaban J connectivity index is 4.17. The highest BCUT2D eigenvalue weighted by atomic mass is 32.1. The van der Waals surface area contributed by atoms with Crippen molar-refractivity contribution in [2.24, 2.45) is 0 Å². The largest absolute Gasteiger partial charge is 0.394 e. The van der Waals surface area contributed by atoms with Crippen molar-refractivity contribution in [2.75, 3.05) is 25.6 Å². The Bertz CT molecular complexity index is 207. The van der Waals surface area contributed by atoms with Gasteiger partial charge in [-0.05, 0) is 25.5 Å². The van der Waals surface area contributed by atoms with Crippen molar-refractivity contribution >= 4 is 12.6 Å². The fourth-order valence-corrected chi connectivity index (χ4v) is 1.59. The number of hydrogen-bond acceptors (Lipinski definition) is 7. The van der Waals surface area contributed by atoms with Crippen LogP contribution in [0.4, 0.5) is 0 Å². The topological polar surface area (TPSA) is 99.4 Å². The van der Waals surface area contributed by atoms with Crippen molar-refractivity contribution in [2.45, 2.75) is 50.8 Å². The smallest absolute Gasteiger partial charge is 0.186 e. The van der Waals surface area contributed by atoms with Crippen molar-refractivity contribution in [1.82, 2.24) is 0 Å². The molecule has 0 amide bonds. The Morgan fingerprint density at radius 1 is 1.05 bits per heavy atom. The van der Waals surface area contributed by atoms with Gasteiger partial charge in [-0.15, -0.1) is 0 Å². The molecule has 0 spiro atoms. The van der Waals surface area contributed by atoms with E-state index in [0.29, 0.717) is 6.61 Å². The minimum atomic E-state index is -1.36. The summed E-state index contributed by atoms with van der Waals surface area (Å²) in [6.45, 7) is 1.18. The van der Waals surface area contributed by atoms with Gasteiger partial charge in [-0.25, -0.2) is 0 Å². The van der Waals surface area contributed by atoms with E-state index < -0.39 is 31.2 Å². The maximum absolute atomic E-state index is 9.77. The summed E-state index contributed by atoms with van der Waals surface area (Å²) in [5.41, 5.74) is 0. The summed E-state index contributed by atoms with van der Waals surface area (Å²) in [7, 11) is 0. The molecule has 7 heteroatoms. The molecule has 4 atom stereocenters. The Morgan fingerprint density at radius 2 is 1.74 bits per heavy atom. The Labute approximate surface area is 119 Å². The van der Waals surface area contributed by atoms with Crippen LogP contribution >= 0.6 is 12.6 Å². The number of rotatable bonds is 12. The third kappa shape index (κ3) is 8.80. The van der Waals surface area contributed by atoms with Gasteiger partial charge in [0.05, 0.1) is 19.3 Å². The van der Waals surface area contributed by atoms with Crippen LogP contribution in [0.3, 0.4) is 0 Å². The highest BCUT2D eigenvalue weighted by Crippen LogP contribution is 2.11. The van der Waals surface area contributed by atoms with Crippen molar-refractivity contribution in [1.29, 1.82) is 0 Å². The van der Waals surface area contributed by atoms with Crippen LogP contribution in [0.15, 0.2) is 0 Å². The molecule has 0 aliphatic rings. The lowest BCUT2D eigenvalue weighted by Crippen LogP contribution is -2.44. The summed E-state index contributed by atoms with van der Waals surface area (Å²) in [4.78, 5) is 0. The molecule has 0 radical (unpaired) electrons. The van der Waals surface area contributed by atoms with Crippen LogP contribution in [0.1, 0.15) is 26.2 Å². The lowest BCUT2D eigenvalue weighted by Gasteiger charge is -2.28. The van der Waals surface area contributed by atoms with Gasteiger partial charge in [0.25, 0.3) is 0 Å². The molecule has 0 saturated carbocycles. The van der Waals surface area contributed by atoms with Crippen molar-refractivity contribution in [3.63, 3.8) is 0 Å². The lowest BCUT2D eigenvalue weighted by molar-refractivity contribution is -0.238. The highest BCUT2D eigenvalue weighted by molar-refractivity contribution is 7.80. The predicted molar refractivity (Wildman–Crippen MR) is 74.2 cm³/mol. The Morgan fingerprint density at radius 3 is 2.26 bits per heavy atom. The standard InChI is InChI=1S/C12H26O6S/c1-9(7-13)18-12(11(16)10(15)8-14)17-5-3-2-4-6-19/h9-16,19H,2-8H2,1H3/t9?,10-,11?,12?/m1/s1. The first-order valence-corrected chi connectivity index (χ1v) is 7.15. The number of ether oxygens (including phenoxy) is 2. The second kappa shape index (κ2) is 11.9. The molecule has 0 bridgehead atoms. The zero-order chi connectivity index (χ0) is 14.7. The number of aliphatic hydroxyl groups is 4. The van der Waals surface area contributed by atoms with Crippen LogP contribution in [-0.2, 0) is 9.47 Å². The third-order valence-electron chi connectivity index (χ3n) is 2.57. The van der Waals surface area contributed by atoms with Gasteiger partial charge in [-0.3, -0.25) is 0 Å². The average Bonchev–Trinajstić information content (AvgIpc) is 2.43. The second-order valence-corrected chi connectivity index (χ2v) is 4.84. The van der Waals surface area contributed by atoms with Gasteiger partial charge in [-0.1, -0.05) is 6.42 Å². The minimum Gasteiger partial charge on any atom is -0.394 e. The van der Waals surface area contributed by atoms with Crippen molar-refractivity contribution in [3.8, 4) is 0 Å². The second-order valence-electron chi connectivity index (χ2n) is 4.39. The normalized spacial score (nSPS) is 18.0. The molecule has 0 heterocycles. The SMILES string of the molecule is CC(CO)OC(OCCCCCS)C(O)[C@H](O)CO. The molecule has 6 nitrogen and oxygen atoms in total. The summed E-state index contributed by atoms with van der Waals surface area (Å²) < 4.78 is 10.6. The number of unbranched alkanes of at least 4 members (excludes halogenated alkanes) is 2. The number of thiol groups is 1. The summed E-state index contributed by atoms with van der Waals surface area (Å²) >= 11 is 4.10. The monoisotopic (exact) mass is 298 g/mol. The van der Waals surface area contributed by atoms with Crippen LogP contribution in [-0.4, -0.2) is 70.6 Å². The Kier molecular flexibility index (Phi) is 12.0. The van der Waals surface area contributed by atoms with Crippen LogP contribution in [0, 0.1) is 0 Å². The maximum Gasteiger partial charge on any atom is 0.186 e. The Hall–Kier alpha value is 0.110. The summed E-state index contributed by atoms with van der Waals surface area (Å²) in [6, 6.07) is 0. The van der Waals surface area contributed by atoms with Gasteiger partial charge in [-0.2, -0.15) is 12.6 Å². The van der Waals surface area contributed by atoms with Gasteiger partial charge in [0.1, 0.15) is 12.2 Å². The zero-order valence-corrected chi connectivity index (χ0v) is 12.2. The molecule has 0 aliphatic carbocycles. The van der Waals surface area contributed by atoms with Crippen molar-refractivity contribution in [3.05, 3.63) is 0 Å². The van der Waals surface area contributed by atoms with Crippen molar-refractivity contribution < 1.29 is 29.9 Å². The van der Waals surface area contributed by atoms with E-state index >= 15 is 0 Å². The summed E-state index contributed by atoms with van der Waals surface area (Å²) in [5.74, 6) is 0.813. The quantitative estimate of drug-likeness (QED) is 0.190. The van der Waals surface area contributed by atoms with Gasteiger partial charge in [0, 0.05) is 6.61 Å². The molecular formula is C12H26O6S. The van der Waals surface area contributed by atoms with Crippen LogP contribution in [0.2, 0.25) is 0 Å². The van der Waals surface area contributed by atoms with E-state index in [2.05, 4.69) is 12.6 Å². The van der Waals surface area contributed by atoms with Crippen LogP contribution in [0.25, 0.3) is 0 Å². The summed E-state index contributed by atoms with van der Waals surface area (Å²) in [6.07, 6.45) is -1.58. The fraction of sp³-hybridized carbons (Fsp3) is 1.00. The molecule has 0 fully saturated rings. The molecule has 0 aromatic carbocycles. The van der Waals surface area contributed by atoms with E-state index in [1.54, 1.807) is 6.92 Å². The van der Waals surface area contributed by atoms with Gasteiger partial charge < -0.3 is 29.9 Å². The lowest BCUT2D eigenvalue weighted by atomic mass is 10.2. The average molecular weight is 298 g/mol. The molecule has 19 heavy (non-hydrogen) atoms. The van der Waals surface area contributed by atoms with Crippen LogP contribution in [0.5, 0.6) is 0 Å². The number of hydrogen-bond donors (Lipinski definition) is 5. The first kappa shape index (κ1) is 19.1. The molecule has 3 unspecified atom stereocenters. The van der Waals surface area contributed by atoms with E-state index in [1.165, 1.54) is 0 Å². The zero-order valence-electron chi connectivity index (χ0n) is 11.3. The fourth-order valence-electron chi connectivity index (χ4n) is 1.37. The summed E-state index contributed by atoms with van der Waals surface area (Å²) in [5, 5.41) is 36.9. The minimum absolute atomic E-state index is 0.221. The number of aliphatic hydroxyl groups excluding tert-OH is 4. The van der Waals surface area contributed by atoms with Gasteiger partial charge in [0.2, 0.25) is 0 Å². The predicted octanol–water partition coefficient (Wildman–Crippen LogP) is -0.459. The first-order valence-electron chi connectivity index (χ1n) is 6.52. The van der Waals surface area contributed by atoms with E-state index in [-0.39, 0.29) is 6.61 Å². The first-order chi connectivity index (χ1) is 9.06. The highest BCUT2D eigenvalue weighted by Gasteiger charge is 2.28. The van der Waals surface area contributed by atoms with Gasteiger partial charge in [0.15, 0.2) is 6.29 Å². The molecule has 0 aliphatic heterocycles. The van der Waals surface area contributed by atoms with E-state index in [4.69, 9.17) is 19.7 Å². The molecule has 4 N–H and O–H groups in total. The molecule has 116 valence electrons. The van der Waals surface area contributed by atoms with Crippen LogP contribution < -0.4 is 0 Å². The molecule has 0 rings (SSSR count). The van der Waals surface area contributed by atoms with E-state index in [0.717, 1.165) is 25.0 Å². The van der Waals surface area contributed by atoms with E-state index in [9.17, 15) is 10.2 Å². The third-order valence-corrected chi connectivity index (χ3v) is 2.88. The van der Waals surface area contributed by atoms with Gasteiger partial charge >= 0.3 is 0 Å². The molecule has 0 aromatic rings. The van der Waals surface area contributed by atoms with E-state index in [1.807, 2.05) is 0 Å². The molecule has 0 aromatic heterocycles. The maximum atomic E-state index is 9.77. The molecule has 0 saturated heterocycles. The molecular weight excluding hydrogens is 272 g/mol.